The van der Waals surface area contributed by atoms with E-state index in [1.807, 2.05) is 0 Å². The lowest BCUT2D eigenvalue weighted by Gasteiger charge is -2.15. The van der Waals surface area contributed by atoms with Gasteiger partial charge in [0.05, 0.1) is 17.6 Å². The Morgan fingerprint density at radius 3 is 2.41 bits per heavy atom. The number of carbonyl (C=O) groups is 2. The van der Waals surface area contributed by atoms with Crippen molar-refractivity contribution in [3.8, 4) is 0 Å². The average molecular weight is 391 g/mol. The number of hydrogen-bond acceptors (Lipinski definition) is 6. The van der Waals surface area contributed by atoms with Crippen LogP contribution < -0.4 is 0 Å². The Kier molecular flexibility index (Phi) is 6.08. The third-order valence-electron chi connectivity index (χ3n) is 4.40. The Hall–Kier alpha value is -2.45. The molecule has 1 aromatic heterocycles. The maximum absolute atomic E-state index is 12.5. The summed E-state index contributed by atoms with van der Waals surface area (Å²) in [7, 11) is -3.51. The number of aryl methyl sites for hydroxylation is 1. The van der Waals surface area contributed by atoms with Crippen molar-refractivity contribution in [1.82, 2.24) is 4.31 Å². The second-order valence-corrected chi connectivity index (χ2v) is 8.24. The summed E-state index contributed by atoms with van der Waals surface area (Å²) in [6.07, 6.45) is 3.77. The van der Waals surface area contributed by atoms with E-state index in [1.165, 1.54) is 34.8 Å². The summed E-state index contributed by atoms with van der Waals surface area (Å²) < 4.78 is 36.5. The fourth-order valence-corrected chi connectivity index (χ4v) is 4.39. The van der Waals surface area contributed by atoms with Crippen molar-refractivity contribution in [1.29, 1.82) is 0 Å². The van der Waals surface area contributed by atoms with Crippen molar-refractivity contribution in [3.05, 3.63) is 54.0 Å². The van der Waals surface area contributed by atoms with Crippen molar-refractivity contribution >= 4 is 21.8 Å². The molecule has 2 heterocycles. The number of furan rings is 1. The van der Waals surface area contributed by atoms with Gasteiger partial charge >= 0.3 is 5.97 Å². The van der Waals surface area contributed by atoms with Crippen LogP contribution in [0.4, 0.5) is 0 Å². The zero-order valence-electron chi connectivity index (χ0n) is 14.8. The molecule has 0 unspecified atom stereocenters. The monoisotopic (exact) mass is 391 g/mol. The molecule has 2 aromatic rings. The maximum Gasteiger partial charge on any atom is 0.306 e. The van der Waals surface area contributed by atoms with Gasteiger partial charge < -0.3 is 9.15 Å². The minimum Gasteiger partial charge on any atom is -0.469 e. The molecular weight excluding hydrogens is 370 g/mol. The average Bonchev–Trinajstić information content (AvgIpc) is 3.38. The number of benzene rings is 1. The van der Waals surface area contributed by atoms with Gasteiger partial charge in [0.15, 0.2) is 12.4 Å². The van der Waals surface area contributed by atoms with Gasteiger partial charge in [-0.2, -0.15) is 4.31 Å². The van der Waals surface area contributed by atoms with E-state index >= 15 is 0 Å². The summed E-state index contributed by atoms with van der Waals surface area (Å²) in [5, 5.41) is 0. The molecule has 1 aromatic carbocycles. The van der Waals surface area contributed by atoms with Crippen molar-refractivity contribution in [2.24, 2.45) is 0 Å². The molecule has 1 fully saturated rings. The minimum atomic E-state index is -3.51. The zero-order chi connectivity index (χ0) is 19.3. The molecule has 1 aliphatic heterocycles. The first kappa shape index (κ1) is 19.3. The fraction of sp³-hybridized carbons (Fsp3) is 0.368. The highest BCUT2D eigenvalue weighted by Crippen LogP contribution is 2.21. The van der Waals surface area contributed by atoms with Crippen LogP contribution in [0.5, 0.6) is 0 Å². The number of sulfonamides is 1. The van der Waals surface area contributed by atoms with Crippen LogP contribution in [0.3, 0.4) is 0 Å². The van der Waals surface area contributed by atoms with Crippen molar-refractivity contribution in [2.45, 2.75) is 30.6 Å². The van der Waals surface area contributed by atoms with Gasteiger partial charge in [-0.15, -0.1) is 0 Å². The van der Waals surface area contributed by atoms with Crippen molar-refractivity contribution < 1.29 is 27.2 Å². The molecular formula is C19H21NO6S. The van der Waals surface area contributed by atoms with Crippen LogP contribution in [0.15, 0.2) is 52.0 Å². The van der Waals surface area contributed by atoms with Crippen LogP contribution in [0, 0.1) is 0 Å². The summed E-state index contributed by atoms with van der Waals surface area (Å²) in [5.74, 6) is -0.201. The van der Waals surface area contributed by atoms with E-state index in [2.05, 4.69) is 0 Å². The fourth-order valence-electron chi connectivity index (χ4n) is 2.87. The molecule has 0 saturated carbocycles. The number of hydrogen-bond donors (Lipinski definition) is 0. The first-order valence-corrected chi connectivity index (χ1v) is 10.2. The molecule has 0 N–H and O–H groups in total. The highest BCUT2D eigenvalue weighted by atomic mass is 32.2. The molecule has 144 valence electrons. The van der Waals surface area contributed by atoms with Crippen LogP contribution in [0.1, 0.15) is 35.4 Å². The molecule has 0 atom stereocenters. The normalized spacial score (nSPS) is 15.0. The van der Waals surface area contributed by atoms with Crippen LogP contribution in [-0.2, 0) is 26.0 Å². The summed E-state index contributed by atoms with van der Waals surface area (Å²) in [6.45, 7) is 0.670. The highest BCUT2D eigenvalue weighted by Gasteiger charge is 2.27. The van der Waals surface area contributed by atoms with Crippen molar-refractivity contribution in [2.75, 3.05) is 19.7 Å². The molecule has 0 amide bonds. The summed E-state index contributed by atoms with van der Waals surface area (Å²) >= 11 is 0. The molecule has 0 bridgehead atoms. The topological polar surface area (TPSA) is 93.9 Å². The Labute approximate surface area is 158 Å². The maximum atomic E-state index is 12.5. The lowest BCUT2D eigenvalue weighted by Crippen LogP contribution is -2.27. The number of nitrogens with zero attached hydrogens (tertiary/aromatic N) is 1. The number of ketones is 1. The van der Waals surface area contributed by atoms with Crippen molar-refractivity contribution in [3.63, 3.8) is 0 Å². The molecule has 7 nitrogen and oxygen atoms in total. The lowest BCUT2D eigenvalue weighted by molar-refractivity contribution is -0.142. The predicted molar refractivity (Wildman–Crippen MR) is 96.8 cm³/mol. The zero-order valence-corrected chi connectivity index (χ0v) is 15.6. The van der Waals surface area contributed by atoms with Crippen LogP contribution in [0.25, 0.3) is 0 Å². The Bertz CT molecular complexity index is 881. The number of Topliss-reactive ketones (excluding diaryl/α,β-unsaturated/α-hetero) is 1. The Morgan fingerprint density at radius 2 is 1.78 bits per heavy atom. The van der Waals surface area contributed by atoms with Crippen LogP contribution >= 0.6 is 0 Å². The van der Waals surface area contributed by atoms with Gasteiger partial charge in [-0.1, -0.05) is 0 Å². The van der Waals surface area contributed by atoms with Gasteiger partial charge in [-0.25, -0.2) is 8.42 Å². The largest absolute Gasteiger partial charge is 0.469 e. The number of ether oxygens (including phenoxy) is 1. The van der Waals surface area contributed by atoms with E-state index in [0.29, 0.717) is 30.8 Å². The quantitative estimate of drug-likeness (QED) is 0.507. The van der Waals surface area contributed by atoms with Gasteiger partial charge in [-0.05, 0) is 49.2 Å². The molecule has 0 aliphatic carbocycles. The van der Waals surface area contributed by atoms with Gasteiger partial charge in [-0.3, -0.25) is 9.59 Å². The van der Waals surface area contributed by atoms with E-state index in [0.717, 1.165) is 12.8 Å². The van der Waals surface area contributed by atoms with Gasteiger partial charge in [0.25, 0.3) is 0 Å². The summed E-state index contributed by atoms with van der Waals surface area (Å²) in [4.78, 5) is 24.0. The van der Waals surface area contributed by atoms with E-state index in [9.17, 15) is 18.0 Å². The van der Waals surface area contributed by atoms with E-state index in [-0.39, 0.29) is 23.7 Å². The standard InChI is InChI=1S/C19H21NO6S/c21-18(14-26-19(22)10-7-16-4-3-13-25-16)15-5-8-17(9-6-15)27(23,24)20-11-1-2-12-20/h3-6,8-9,13H,1-2,7,10-12,14H2. The van der Waals surface area contributed by atoms with Crippen LogP contribution in [0.2, 0.25) is 0 Å². The second kappa shape index (κ2) is 8.49. The van der Waals surface area contributed by atoms with E-state index in [1.54, 1.807) is 12.1 Å². The summed E-state index contributed by atoms with van der Waals surface area (Å²) in [5.41, 5.74) is 0.300. The SMILES string of the molecule is O=C(CCc1ccco1)OCC(=O)c1ccc(S(=O)(=O)N2CCCC2)cc1. The number of esters is 1. The first-order chi connectivity index (χ1) is 13.0. The highest BCUT2D eigenvalue weighted by molar-refractivity contribution is 7.89. The molecule has 27 heavy (non-hydrogen) atoms. The lowest BCUT2D eigenvalue weighted by atomic mass is 10.1. The van der Waals surface area contributed by atoms with Crippen LogP contribution in [-0.4, -0.2) is 44.2 Å². The van der Waals surface area contributed by atoms with Gasteiger partial charge in [0.1, 0.15) is 5.76 Å². The molecule has 0 spiro atoms. The number of carbonyl (C=O) groups excluding carboxylic acids is 2. The predicted octanol–water partition coefficient (Wildman–Crippen LogP) is 2.42. The third-order valence-corrected chi connectivity index (χ3v) is 6.31. The molecule has 1 aliphatic rings. The Balaban J connectivity index is 1.52. The smallest absolute Gasteiger partial charge is 0.306 e. The molecule has 0 radical (unpaired) electrons. The second-order valence-electron chi connectivity index (χ2n) is 6.30. The molecule has 8 heteroatoms. The van der Waals surface area contributed by atoms with Gasteiger partial charge in [0.2, 0.25) is 10.0 Å². The minimum absolute atomic E-state index is 0.119. The van der Waals surface area contributed by atoms with Gasteiger partial charge in [0, 0.05) is 25.1 Å². The molecule has 3 rings (SSSR count). The molecule has 1 saturated heterocycles. The third kappa shape index (κ3) is 4.84. The van der Waals surface area contributed by atoms with E-state index in [4.69, 9.17) is 9.15 Å². The number of rotatable bonds is 8. The van der Waals surface area contributed by atoms with E-state index < -0.39 is 16.0 Å². The first-order valence-electron chi connectivity index (χ1n) is 8.78. The Morgan fingerprint density at radius 1 is 1.07 bits per heavy atom. The summed E-state index contributed by atoms with van der Waals surface area (Å²) in [6, 6.07) is 9.22.